The smallest absolute Gasteiger partial charge is 0.234 e. The van der Waals surface area contributed by atoms with Gasteiger partial charge in [0, 0.05) is 18.6 Å². The first-order chi connectivity index (χ1) is 12.0. The van der Waals surface area contributed by atoms with Crippen LogP contribution in [0.4, 0.5) is 0 Å². The van der Waals surface area contributed by atoms with Gasteiger partial charge in [0.1, 0.15) is 0 Å². The lowest BCUT2D eigenvalue weighted by atomic mass is 10.0. The van der Waals surface area contributed by atoms with Crippen molar-refractivity contribution >= 4 is 16.7 Å². The minimum Gasteiger partial charge on any atom is -0.349 e. The van der Waals surface area contributed by atoms with E-state index in [1.807, 2.05) is 7.05 Å². The van der Waals surface area contributed by atoms with E-state index in [4.69, 9.17) is 0 Å². The molecule has 2 aromatic rings. The Balaban J connectivity index is 1.52. The van der Waals surface area contributed by atoms with Crippen LogP contribution in [0.25, 0.3) is 10.8 Å². The van der Waals surface area contributed by atoms with E-state index in [0.717, 1.165) is 13.0 Å². The zero-order chi connectivity index (χ0) is 17.8. The Morgan fingerprint density at radius 3 is 2.52 bits per heavy atom. The number of amides is 1. The number of nitrogens with one attached hydrogen (secondary N) is 3. The molecule has 0 aromatic heterocycles. The van der Waals surface area contributed by atoms with Crippen molar-refractivity contribution in [3.8, 4) is 0 Å². The van der Waals surface area contributed by atoms with E-state index in [9.17, 15) is 4.79 Å². The van der Waals surface area contributed by atoms with Crippen molar-refractivity contribution in [2.75, 3.05) is 20.1 Å². The highest BCUT2D eigenvalue weighted by atomic mass is 16.2. The third-order valence-corrected chi connectivity index (χ3v) is 5.00. The molecule has 3 N–H and O–H groups in total. The van der Waals surface area contributed by atoms with Crippen LogP contribution in [0.1, 0.15) is 19.4 Å². The van der Waals surface area contributed by atoms with E-state index in [-0.39, 0.29) is 24.0 Å². The van der Waals surface area contributed by atoms with Gasteiger partial charge in [-0.3, -0.25) is 20.5 Å². The Bertz CT molecular complexity index is 717. The summed E-state index contributed by atoms with van der Waals surface area (Å²) in [7, 11) is 2.00. The highest BCUT2D eigenvalue weighted by Crippen LogP contribution is 2.19. The second-order valence-electron chi connectivity index (χ2n) is 7.09. The monoisotopic (exact) mass is 340 g/mol. The minimum atomic E-state index is 0.0784. The summed E-state index contributed by atoms with van der Waals surface area (Å²) in [5.41, 5.74) is 7.66. The maximum atomic E-state index is 12.3. The molecule has 1 aliphatic rings. The van der Waals surface area contributed by atoms with Crippen molar-refractivity contribution in [2.45, 2.75) is 38.4 Å². The maximum Gasteiger partial charge on any atom is 0.234 e. The van der Waals surface area contributed by atoms with Gasteiger partial charge in [0.15, 0.2) is 0 Å². The topological polar surface area (TPSA) is 56.4 Å². The lowest BCUT2D eigenvalue weighted by molar-refractivity contribution is -0.122. The summed E-state index contributed by atoms with van der Waals surface area (Å²) in [4.78, 5) is 14.4. The predicted octanol–water partition coefficient (Wildman–Crippen LogP) is 1.68. The Kier molecular flexibility index (Phi) is 5.68. The first-order valence-electron chi connectivity index (χ1n) is 9.00. The minimum absolute atomic E-state index is 0.0784. The fourth-order valence-electron chi connectivity index (χ4n) is 3.50. The molecule has 0 aliphatic carbocycles. The number of likely N-dealkylation sites (N-methyl/N-ethyl adjacent to an activating group) is 1. The van der Waals surface area contributed by atoms with Gasteiger partial charge in [-0.25, -0.2) is 0 Å². The molecule has 1 amide bonds. The molecule has 5 heteroatoms. The Hall–Kier alpha value is -1.95. The van der Waals surface area contributed by atoms with Crippen molar-refractivity contribution in [1.82, 2.24) is 21.1 Å². The van der Waals surface area contributed by atoms with E-state index in [2.05, 4.69) is 77.4 Å². The maximum absolute atomic E-state index is 12.3. The largest absolute Gasteiger partial charge is 0.349 e. The number of hydrazine groups is 1. The summed E-state index contributed by atoms with van der Waals surface area (Å²) in [6.45, 7) is 5.42. The van der Waals surface area contributed by atoms with Crippen LogP contribution in [0.2, 0.25) is 0 Å². The Labute approximate surface area is 149 Å². The van der Waals surface area contributed by atoms with Crippen LogP contribution in [-0.4, -0.2) is 49.1 Å². The van der Waals surface area contributed by atoms with Crippen molar-refractivity contribution in [3.63, 3.8) is 0 Å². The van der Waals surface area contributed by atoms with Gasteiger partial charge in [-0.05, 0) is 43.7 Å². The molecule has 2 aromatic carbocycles. The molecule has 2 atom stereocenters. The highest BCUT2D eigenvalue weighted by molar-refractivity contribution is 5.85. The molecule has 0 spiro atoms. The van der Waals surface area contributed by atoms with Gasteiger partial charge in [-0.2, -0.15) is 0 Å². The summed E-state index contributed by atoms with van der Waals surface area (Å²) < 4.78 is 0. The molecular weight excluding hydrogens is 312 g/mol. The molecule has 25 heavy (non-hydrogen) atoms. The van der Waals surface area contributed by atoms with Gasteiger partial charge in [-0.15, -0.1) is 0 Å². The van der Waals surface area contributed by atoms with Crippen molar-refractivity contribution in [3.05, 3.63) is 48.0 Å². The summed E-state index contributed by atoms with van der Waals surface area (Å²) >= 11 is 0. The molecule has 134 valence electrons. The van der Waals surface area contributed by atoms with Gasteiger partial charge in [-0.1, -0.05) is 42.5 Å². The molecule has 0 saturated carbocycles. The van der Waals surface area contributed by atoms with E-state index in [0.29, 0.717) is 6.54 Å². The molecular formula is C20H28N4O. The number of carbonyl (C=O) groups is 1. The number of hydrogen-bond donors (Lipinski definition) is 3. The third-order valence-electron chi connectivity index (χ3n) is 5.00. The highest BCUT2D eigenvalue weighted by Gasteiger charge is 2.30. The summed E-state index contributed by atoms with van der Waals surface area (Å²) in [5.74, 6) is 0.0784. The third kappa shape index (κ3) is 4.37. The van der Waals surface area contributed by atoms with E-state index in [1.165, 1.54) is 16.3 Å². The second kappa shape index (κ2) is 7.95. The average Bonchev–Trinajstić information content (AvgIpc) is 2.91. The average molecular weight is 340 g/mol. The molecule has 1 saturated heterocycles. The summed E-state index contributed by atoms with van der Waals surface area (Å²) in [6, 6.07) is 15.5. The summed E-state index contributed by atoms with van der Waals surface area (Å²) in [6.07, 6.45) is 0.935. The standard InChI is InChI=1S/C20H28N4O/c1-14-20(15(2)23-22-14)21-19(25)13-24(3)12-11-17-9-6-8-16-7-4-5-10-18(16)17/h4-10,14-15,20,22-23H,11-13H2,1-3H3,(H,21,25). The van der Waals surface area contributed by atoms with Crippen LogP contribution in [0.3, 0.4) is 0 Å². The molecule has 1 fully saturated rings. The van der Waals surface area contributed by atoms with Gasteiger partial charge in [0.25, 0.3) is 0 Å². The Morgan fingerprint density at radius 2 is 1.76 bits per heavy atom. The number of hydrogen-bond acceptors (Lipinski definition) is 4. The lowest BCUT2D eigenvalue weighted by Gasteiger charge is -2.22. The second-order valence-corrected chi connectivity index (χ2v) is 7.09. The SMILES string of the molecule is CC1NNC(C)C1NC(=O)CN(C)CCc1cccc2ccccc12. The van der Waals surface area contributed by atoms with Crippen LogP contribution >= 0.6 is 0 Å². The van der Waals surface area contributed by atoms with Gasteiger partial charge >= 0.3 is 0 Å². The first kappa shape index (κ1) is 17.9. The predicted molar refractivity (Wildman–Crippen MR) is 102 cm³/mol. The lowest BCUT2D eigenvalue weighted by Crippen LogP contribution is -2.49. The molecule has 1 heterocycles. The van der Waals surface area contributed by atoms with Gasteiger partial charge in [0.05, 0.1) is 12.6 Å². The van der Waals surface area contributed by atoms with E-state index in [1.54, 1.807) is 0 Å². The molecule has 3 rings (SSSR count). The fraction of sp³-hybridized carbons (Fsp3) is 0.450. The van der Waals surface area contributed by atoms with Crippen LogP contribution < -0.4 is 16.2 Å². The zero-order valence-corrected chi connectivity index (χ0v) is 15.3. The van der Waals surface area contributed by atoms with Crippen LogP contribution in [0, 0.1) is 0 Å². The van der Waals surface area contributed by atoms with E-state index >= 15 is 0 Å². The fourth-order valence-corrected chi connectivity index (χ4v) is 3.50. The van der Waals surface area contributed by atoms with Crippen molar-refractivity contribution in [1.29, 1.82) is 0 Å². The Morgan fingerprint density at radius 1 is 1.08 bits per heavy atom. The van der Waals surface area contributed by atoms with Crippen molar-refractivity contribution < 1.29 is 4.79 Å². The zero-order valence-electron chi connectivity index (χ0n) is 15.3. The molecule has 2 unspecified atom stereocenters. The molecule has 0 radical (unpaired) electrons. The summed E-state index contributed by atoms with van der Waals surface area (Å²) in [5, 5.41) is 5.70. The van der Waals surface area contributed by atoms with Crippen molar-refractivity contribution in [2.24, 2.45) is 0 Å². The van der Waals surface area contributed by atoms with Gasteiger partial charge in [0.2, 0.25) is 5.91 Å². The normalized spacial score (nSPS) is 23.3. The van der Waals surface area contributed by atoms with Crippen LogP contribution in [-0.2, 0) is 11.2 Å². The van der Waals surface area contributed by atoms with Crippen LogP contribution in [0.15, 0.2) is 42.5 Å². The van der Waals surface area contributed by atoms with Crippen LogP contribution in [0.5, 0.6) is 0 Å². The molecule has 0 bridgehead atoms. The number of rotatable bonds is 6. The quantitative estimate of drug-likeness (QED) is 0.749. The number of benzene rings is 2. The number of nitrogens with zero attached hydrogens (tertiary/aromatic N) is 1. The molecule has 5 nitrogen and oxygen atoms in total. The molecule has 1 aliphatic heterocycles. The first-order valence-corrected chi connectivity index (χ1v) is 9.00. The van der Waals surface area contributed by atoms with E-state index < -0.39 is 0 Å². The number of carbonyl (C=O) groups excluding carboxylic acids is 1. The number of fused-ring (bicyclic) bond motifs is 1. The van der Waals surface area contributed by atoms with Gasteiger partial charge < -0.3 is 5.32 Å².